The number of fused-ring (bicyclic) bond motifs is 1. The number of pyridine rings is 1. The molecule has 25 heavy (non-hydrogen) atoms. The molecule has 0 saturated heterocycles. The Kier molecular flexibility index (Phi) is 4.42. The predicted octanol–water partition coefficient (Wildman–Crippen LogP) is 2.24. The van der Waals surface area contributed by atoms with Crippen molar-refractivity contribution in [3.63, 3.8) is 0 Å². The van der Waals surface area contributed by atoms with Gasteiger partial charge in [0.05, 0.1) is 0 Å². The highest BCUT2D eigenvalue weighted by Gasteiger charge is 2.47. The number of rotatable bonds is 3. The number of aromatic amines is 1. The lowest BCUT2D eigenvalue weighted by atomic mass is 10.1. The Bertz CT molecular complexity index is 775. The number of nitrogens with one attached hydrogen (secondary N) is 3. The van der Waals surface area contributed by atoms with Crippen molar-refractivity contribution in [3.8, 4) is 0 Å². The van der Waals surface area contributed by atoms with Crippen molar-refractivity contribution in [3.05, 3.63) is 65.1 Å². The van der Waals surface area contributed by atoms with E-state index in [1.807, 2.05) is 5.32 Å². The first-order chi connectivity index (χ1) is 11.8. The Morgan fingerprint density at radius 1 is 1.40 bits per heavy atom. The summed E-state index contributed by atoms with van der Waals surface area (Å²) in [6.45, 7) is 0. The van der Waals surface area contributed by atoms with E-state index in [4.69, 9.17) is 11.6 Å². The highest BCUT2D eigenvalue weighted by atomic mass is 35.5. The van der Waals surface area contributed by atoms with Gasteiger partial charge in [0.15, 0.2) is 12.4 Å². The summed E-state index contributed by atoms with van der Waals surface area (Å²) in [5.74, 6) is -1.70. The summed E-state index contributed by atoms with van der Waals surface area (Å²) in [5.41, 5.74) is -0.333. The third-order valence-electron chi connectivity index (χ3n) is 3.63. The number of allylic oxidation sites excluding steroid dienone is 3. The number of carbonyl (C=O) groups is 1. The SMILES string of the molecule is O=C(NC(c1cccc[nH+]1)C(F)(F)F)C1NC(Cl)=C2C(F)=CC=CN21. The molecule has 0 radical (unpaired) electrons. The summed E-state index contributed by atoms with van der Waals surface area (Å²) in [6.07, 6.45) is -0.905. The second kappa shape index (κ2) is 6.40. The van der Waals surface area contributed by atoms with Crippen molar-refractivity contribution >= 4 is 17.5 Å². The number of halogens is 5. The first kappa shape index (κ1) is 17.3. The van der Waals surface area contributed by atoms with Crippen molar-refractivity contribution in [2.45, 2.75) is 18.4 Å². The van der Waals surface area contributed by atoms with Crippen LogP contribution in [0.1, 0.15) is 11.7 Å². The summed E-state index contributed by atoms with van der Waals surface area (Å²) in [6, 6.07) is 1.88. The van der Waals surface area contributed by atoms with Gasteiger partial charge in [-0.1, -0.05) is 17.7 Å². The molecule has 10 heteroatoms. The molecule has 3 N–H and O–H groups in total. The van der Waals surface area contributed by atoms with Crippen molar-refractivity contribution in [1.82, 2.24) is 15.5 Å². The molecule has 2 aliphatic rings. The third-order valence-corrected chi connectivity index (χ3v) is 3.92. The molecule has 0 spiro atoms. The topological polar surface area (TPSA) is 58.5 Å². The minimum atomic E-state index is -4.73. The second-order valence-electron chi connectivity index (χ2n) is 5.27. The molecule has 0 aliphatic carbocycles. The van der Waals surface area contributed by atoms with Gasteiger partial charge >= 0.3 is 6.18 Å². The van der Waals surface area contributed by atoms with Crippen molar-refractivity contribution in [2.75, 3.05) is 0 Å². The molecule has 3 rings (SSSR count). The van der Waals surface area contributed by atoms with Gasteiger partial charge in [0.1, 0.15) is 16.7 Å². The maximum Gasteiger partial charge on any atom is 0.418 e. The third kappa shape index (κ3) is 3.32. The van der Waals surface area contributed by atoms with Crippen LogP contribution in [0.4, 0.5) is 17.6 Å². The van der Waals surface area contributed by atoms with E-state index in [0.717, 1.165) is 11.0 Å². The van der Waals surface area contributed by atoms with Crippen molar-refractivity contribution in [1.29, 1.82) is 0 Å². The molecule has 2 unspecified atom stereocenters. The number of H-pyrrole nitrogens is 1. The normalized spacial score (nSPS) is 20.8. The molecule has 0 saturated carbocycles. The number of hydrogen-bond donors (Lipinski definition) is 2. The van der Waals surface area contributed by atoms with Crippen LogP contribution < -0.4 is 15.6 Å². The lowest BCUT2D eigenvalue weighted by molar-refractivity contribution is -0.401. The Morgan fingerprint density at radius 3 is 2.80 bits per heavy atom. The largest absolute Gasteiger partial charge is 0.418 e. The van der Waals surface area contributed by atoms with Gasteiger partial charge in [-0.2, -0.15) is 13.2 Å². The minimum Gasteiger partial charge on any atom is -0.346 e. The molecule has 3 heterocycles. The lowest BCUT2D eigenvalue weighted by Crippen LogP contribution is -2.52. The van der Waals surface area contributed by atoms with E-state index >= 15 is 0 Å². The summed E-state index contributed by atoms with van der Waals surface area (Å²) >= 11 is 5.87. The van der Waals surface area contributed by atoms with Crippen LogP contribution in [0.5, 0.6) is 0 Å². The molecule has 0 bridgehead atoms. The van der Waals surface area contributed by atoms with Gasteiger partial charge < -0.3 is 15.5 Å². The van der Waals surface area contributed by atoms with Crippen LogP contribution in [0, 0.1) is 0 Å². The van der Waals surface area contributed by atoms with Crippen LogP contribution in [-0.4, -0.2) is 23.1 Å². The summed E-state index contributed by atoms with van der Waals surface area (Å²) in [4.78, 5) is 16.0. The van der Waals surface area contributed by atoms with Gasteiger partial charge in [-0.05, 0) is 12.2 Å². The summed E-state index contributed by atoms with van der Waals surface area (Å²) in [7, 11) is 0. The average molecular weight is 376 g/mol. The van der Waals surface area contributed by atoms with Gasteiger partial charge in [0.2, 0.25) is 11.7 Å². The summed E-state index contributed by atoms with van der Waals surface area (Å²) < 4.78 is 53.8. The van der Waals surface area contributed by atoms with E-state index < -0.39 is 30.1 Å². The van der Waals surface area contributed by atoms with Crippen LogP contribution in [0.25, 0.3) is 0 Å². The quantitative estimate of drug-likeness (QED) is 0.629. The molecule has 2 atom stereocenters. The minimum absolute atomic E-state index is 0.0980. The number of aromatic nitrogens is 1. The van der Waals surface area contributed by atoms with E-state index in [2.05, 4.69) is 10.3 Å². The lowest BCUT2D eigenvalue weighted by Gasteiger charge is -2.27. The second-order valence-corrected chi connectivity index (χ2v) is 5.65. The number of nitrogens with zero attached hydrogens (tertiary/aromatic N) is 1. The Labute approximate surface area is 144 Å². The zero-order chi connectivity index (χ0) is 18.2. The number of amides is 1. The Hall–Kier alpha value is -2.55. The van der Waals surface area contributed by atoms with Gasteiger partial charge in [0.25, 0.3) is 5.91 Å². The standard InChI is InChI=1S/C15H11ClF4N4O/c16-12-10-8(17)4-3-7-24(10)13(23-12)14(25)22-11(15(18,19)20)9-5-1-2-6-21-9/h1-7,11,13,23H,(H,22,25)/p+1. The summed E-state index contributed by atoms with van der Waals surface area (Å²) in [5, 5.41) is 4.25. The van der Waals surface area contributed by atoms with Crippen LogP contribution >= 0.6 is 11.6 Å². The average Bonchev–Trinajstić information content (AvgIpc) is 2.90. The molecule has 2 aliphatic heterocycles. The van der Waals surface area contributed by atoms with E-state index in [-0.39, 0.29) is 16.5 Å². The zero-order valence-corrected chi connectivity index (χ0v) is 13.2. The zero-order valence-electron chi connectivity index (χ0n) is 12.4. The fraction of sp³-hybridized carbons (Fsp3) is 0.200. The van der Waals surface area contributed by atoms with E-state index in [1.165, 1.54) is 36.7 Å². The fourth-order valence-electron chi connectivity index (χ4n) is 2.52. The smallest absolute Gasteiger partial charge is 0.346 e. The van der Waals surface area contributed by atoms with Gasteiger partial charge in [-0.25, -0.2) is 9.37 Å². The maximum atomic E-state index is 13.8. The molecule has 132 valence electrons. The predicted molar refractivity (Wildman–Crippen MR) is 79.9 cm³/mol. The first-order valence-electron chi connectivity index (χ1n) is 7.12. The fourth-order valence-corrected chi connectivity index (χ4v) is 2.82. The molecular weight excluding hydrogens is 364 g/mol. The van der Waals surface area contributed by atoms with E-state index in [1.54, 1.807) is 0 Å². The molecule has 0 aromatic carbocycles. The number of carbonyl (C=O) groups excluding carboxylic acids is 1. The monoisotopic (exact) mass is 375 g/mol. The van der Waals surface area contributed by atoms with E-state index in [0.29, 0.717) is 0 Å². The molecule has 5 nitrogen and oxygen atoms in total. The highest BCUT2D eigenvalue weighted by Crippen LogP contribution is 2.34. The molecular formula is C15H12ClF4N4O+. The van der Waals surface area contributed by atoms with Gasteiger partial charge in [-0.15, -0.1) is 0 Å². The first-order valence-corrected chi connectivity index (χ1v) is 7.49. The Morgan fingerprint density at radius 2 is 2.16 bits per heavy atom. The Balaban J connectivity index is 1.82. The molecule has 1 amide bonds. The van der Waals surface area contributed by atoms with E-state index in [9.17, 15) is 22.4 Å². The number of alkyl halides is 3. The number of hydrogen-bond acceptors (Lipinski definition) is 3. The maximum absolute atomic E-state index is 13.8. The van der Waals surface area contributed by atoms with Gasteiger partial charge in [0, 0.05) is 18.3 Å². The molecule has 1 aromatic heterocycles. The highest BCUT2D eigenvalue weighted by molar-refractivity contribution is 6.30. The van der Waals surface area contributed by atoms with Crippen LogP contribution in [0.15, 0.2) is 59.4 Å². The molecule has 0 fully saturated rings. The van der Waals surface area contributed by atoms with Gasteiger partial charge in [-0.3, -0.25) is 4.79 Å². The van der Waals surface area contributed by atoms with Crippen LogP contribution in [0.2, 0.25) is 0 Å². The molecule has 1 aromatic rings. The van der Waals surface area contributed by atoms with Crippen molar-refractivity contribution in [2.24, 2.45) is 0 Å². The van der Waals surface area contributed by atoms with Crippen LogP contribution in [0.3, 0.4) is 0 Å². The van der Waals surface area contributed by atoms with Crippen molar-refractivity contribution < 1.29 is 27.3 Å². The van der Waals surface area contributed by atoms with Crippen LogP contribution in [-0.2, 0) is 4.79 Å².